The van der Waals surface area contributed by atoms with E-state index in [1.807, 2.05) is 0 Å². The highest BCUT2D eigenvalue weighted by atomic mass is 15.0. The van der Waals surface area contributed by atoms with E-state index in [2.05, 4.69) is 19.2 Å². The first-order valence-electron chi connectivity index (χ1n) is 5.98. The van der Waals surface area contributed by atoms with Crippen LogP contribution >= 0.6 is 0 Å². The Morgan fingerprint density at radius 3 is 2.46 bits per heavy atom. The van der Waals surface area contributed by atoms with Crippen molar-refractivity contribution in [1.82, 2.24) is 5.32 Å². The van der Waals surface area contributed by atoms with Gasteiger partial charge in [-0.25, -0.2) is 0 Å². The van der Waals surface area contributed by atoms with Crippen molar-refractivity contribution in [3.8, 4) is 0 Å². The van der Waals surface area contributed by atoms with Crippen LogP contribution in [0.5, 0.6) is 0 Å². The monoisotopic (exact) mass is 181 g/mol. The number of rotatable bonds is 3. The van der Waals surface area contributed by atoms with Crippen LogP contribution in [0.1, 0.15) is 52.4 Å². The summed E-state index contributed by atoms with van der Waals surface area (Å²) in [5.74, 6) is 1.05. The third kappa shape index (κ3) is 1.76. The van der Waals surface area contributed by atoms with Crippen LogP contribution in [0.25, 0.3) is 0 Å². The number of hydrogen-bond donors (Lipinski definition) is 1. The van der Waals surface area contributed by atoms with Gasteiger partial charge in [-0.05, 0) is 24.2 Å². The molecule has 1 N–H and O–H groups in total. The summed E-state index contributed by atoms with van der Waals surface area (Å²) < 4.78 is 0. The van der Waals surface area contributed by atoms with Gasteiger partial charge in [-0.3, -0.25) is 0 Å². The highest BCUT2D eigenvalue weighted by molar-refractivity contribution is 4.98. The molecule has 0 radical (unpaired) electrons. The standard InChI is InChI=1S/C12H23N/c1-3-12(2)9-13-11(12)8-10-6-4-5-7-10/h10-11,13H,3-9H2,1-2H3. The van der Waals surface area contributed by atoms with Crippen LogP contribution in [0.15, 0.2) is 0 Å². The second kappa shape index (κ2) is 3.61. The van der Waals surface area contributed by atoms with Crippen molar-refractivity contribution >= 4 is 0 Å². The molecule has 0 aromatic rings. The quantitative estimate of drug-likeness (QED) is 0.706. The van der Waals surface area contributed by atoms with Crippen molar-refractivity contribution in [2.45, 2.75) is 58.4 Å². The molecule has 1 aliphatic carbocycles. The minimum Gasteiger partial charge on any atom is -0.313 e. The van der Waals surface area contributed by atoms with Gasteiger partial charge < -0.3 is 5.32 Å². The molecule has 2 atom stereocenters. The van der Waals surface area contributed by atoms with Gasteiger partial charge in [0.05, 0.1) is 0 Å². The molecule has 1 saturated heterocycles. The summed E-state index contributed by atoms with van der Waals surface area (Å²) in [6.45, 7) is 6.03. The van der Waals surface area contributed by atoms with Gasteiger partial charge in [0.15, 0.2) is 0 Å². The Labute approximate surface area is 82.3 Å². The molecule has 1 nitrogen and oxygen atoms in total. The third-order valence-corrected chi connectivity index (χ3v) is 4.45. The van der Waals surface area contributed by atoms with E-state index >= 15 is 0 Å². The van der Waals surface area contributed by atoms with Crippen molar-refractivity contribution < 1.29 is 0 Å². The Kier molecular flexibility index (Phi) is 2.64. The van der Waals surface area contributed by atoms with Crippen LogP contribution in [-0.2, 0) is 0 Å². The maximum Gasteiger partial charge on any atom is 0.0136 e. The summed E-state index contributed by atoms with van der Waals surface area (Å²) in [7, 11) is 0. The van der Waals surface area contributed by atoms with Crippen LogP contribution in [0.2, 0.25) is 0 Å². The van der Waals surface area contributed by atoms with E-state index in [0.29, 0.717) is 5.41 Å². The zero-order valence-electron chi connectivity index (χ0n) is 9.10. The fourth-order valence-electron chi connectivity index (χ4n) is 2.91. The second-order valence-electron chi connectivity index (χ2n) is 5.33. The minimum absolute atomic E-state index is 0.628. The Bertz CT molecular complexity index is 168. The Hall–Kier alpha value is -0.0400. The van der Waals surface area contributed by atoms with Gasteiger partial charge in [0.2, 0.25) is 0 Å². The average molecular weight is 181 g/mol. The SMILES string of the molecule is CCC1(C)CNC1CC1CCCC1. The smallest absolute Gasteiger partial charge is 0.0136 e. The zero-order valence-corrected chi connectivity index (χ0v) is 9.10. The molecule has 0 spiro atoms. The number of nitrogens with one attached hydrogen (secondary N) is 1. The minimum atomic E-state index is 0.628. The van der Waals surface area contributed by atoms with Gasteiger partial charge >= 0.3 is 0 Å². The van der Waals surface area contributed by atoms with Crippen LogP contribution in [0.4, 0.5) is 0 Å². The molecule has 1 aliphatic heterocycles. The van der Waals surface area contributed by atoms with Gasteiger partial charge in [-0.2, -0.15) is 0 Å². The van der Waals surface area contributed by atoms with E-state index in [4.69, 9.17) is 0 Å². The molecule has 13 heavy (non-hydrogen) atoms. The lowest BCUT2D eigenvalue weighted by atomic mass is 9.70. The van der Waals surface area contributed by atoms with Crippen molar-refractivity contribution in [3.63, 3.8) is 0 Å². The molecular formula is C12H23N. The normalized spacial score (nSPS) is 40.6. The summed E-state index contributed by atoms with van der Waals surface area (Å²) in [6.07, 6.45) is 8.76. The second-order valence-corrected chi connectivity index (χ2v) is 5.33. The molecule has 2 aliphatic rings. The van der Waals surface area contributed by atoms with E-state index in [0.717, 1.165) is 12.0 Å². The summed E-state index contributed by atoms with van der Waals surface area (Å²) in [5.41, 5.74) is 0.628. The molecule has 0 aromatic heterocycles. The lowest BCUT2D eigenvalue weighted by Gasteiger charge is -2.49. The average Bonchev–Trinajstić information content (AvgIpc) is 2.63. The molecule has 1 saturated carbocycles. The highest BCUT2D eigenvalue weighted by Crippen LogP contribution is 2.39. The van der Waals surface area contributed by atoms with Gasteiger partial charge in [-0.15, -0.1) is 0 Å². The van der Waals surface area contributed by atoms with Gasteiger partial charge in [0, 0.05) is 12.6 Å². The van der Waals surface area contributed by atoms with Crippen LogP contribution in [0.3, 0.4) is 0 Å². The lowest BCUT2D eigenvalue weighted by molar-refractivity contribution is 0.0785. The van der Waals surface area contributed by atoms with E-state index in [1.54, 1.807) is 0 Å². The molecule has 0 bridgehead atoms. The van der Waals surface area contributed by atoms with Crippen molar-refractivity contribution in [1.29, 1.82) is 0 Å². The van der Waals surface area contributed by atoms with E-state index in [9.17, 15) is 0 Å². The van der Waals surface area contributed by atoms with E-state index in [1.165, 1.54) is 45.1 Å². The highest BCUT2D eigenvalue weighted by Gasteiger charge is 2.41. The Morgan fingerprint density at radius 1 is 1.31 bits per heavy atom. The zero-order chi connectivity index (χ0) is 9.31. The van der Waals surface area contributed by atoms with Gasteiger partial charge in [0.1, 0.15) is 0 Å². The predicted molar refractivity (Wildman–Crippen MR) is 56.8 cm³/mol. The molecule has 0 aromatic carbocycles. The third-order valence-electron chi connectivity index (χ3n) is 4.45. The molecule has 2 unspecified atom stereocenters. The maximum atomic E-state index is 3.61. The lowest BCUT2D eigenvalue weighted by Crippen LogP contribution is -2.61. The molecule has 2 rings (SSSR count). The molecule has 0 amide bonds. The first-order chi connectivity index (χ1) is 6.24. The summed E-state index contributed by atoms with van der Waals surface area (Å²) in [5, 5.41) is 3.61. The summed E-state index contributed by atoms with van der Waals surface area (Å²) in [6, 6.07) is 0.834. The molecule has 1 heterocycles. The maximum absolute atomic E-state index is 3.61. The largest absolute Gasteiger partial charge is 0.313 e. The van der Waals surface area contributed by atoms with Crippen LogP contribution < -0.4 is 5.32 Å². The van der Waals surface area contributed by atoms with Crippen molar-refractivity contribution in [2.75, 3.05) is 6.54 Å². The fraction of sp³-hybridized carbons (Fsp3) is 1.00. The van der Waals surface area contributed by atoms with Crippen LogP contribution in [-0.4, -0.2) is 12.6 Å². The molecule has 1 heteroatoms. The topological polar surface area (TPSA) is 12.0 Å². The Morgan fingerprint density at radius 2 is 2.00 bits per heavy atom. The van der Waals surface area contributed by atoms with Gasteiger partial charge in [0.25, 0.3) is 0 Å². The molecule has 76 valence electrons. The molecular weight excluding hydrogens is 158 g/mol. The van der Waals surface area contributed by atoms with Crippen molar-refractivity contribution in [2.24, 2.45) is 11.3 Å². The van der Waals surface area contributed by atoms with E-state index in [-0.39, 0.29) is 0 Å². The first kappa shape index (κ1) is 9.51. The van der Waals surface area contributed by atoms with Crippen molar-refractivity contribution in [3.05, 3.63) is 0 Å². The fourth-order valence-corrected chi connectivity index (χ4v) is 2.91. The summed E-state index contributed by atoms with van der Waals surface area (Å²) >= 11 is 0. The predicted octanol–water partition coefficient (Wildman–Crippen LogP) is 2.95. The van der Waals surface area contributed by atoms with Crippen LogP contribution in [0, 0.1) is 11.3 Å². The summed E-state index contributed by atoms with van der Waals surface area (Å²) in [4.78, 5) is 0. The number of hydrogen-bond acceptors (Lipinski definition) is 1. The first-order valence-corrected chi connectivity index (χ1v) is 5.98. The van der Waals surface area contributed by atoms with Gasteiger partial charge in [-0.1, -0.05) is 39.5 Å². The Balaban J connectivity index is 1.81. The van der Waals surface area contributed by atoms with E-state index < -0.39 is 0 Å². The molecule has 2 fully saturated rings.